The van der Waals surface area contributed by atoms with Gasteiger partial charge in [-0.1, -0.05) is 20.3 Å². The molecule has 2 atom stereocenters. The molecule has 0 radical (unpaired) electrons. The first kappa shape index (κ1) is 21.2. The molecule has 1 aliphatic carbocycles. The van der Waals surface area contributed by atoms with Crippen LogP contribution in [0.1, 0.15) is 45.4 Å². The summed E-state index contributed by atoms with van der Waals surface area (Å²) in [6.07, 6.45) is 7.63. The molecule has 7 heteroatoms. The third kappa shape index (κ3) is 6.15. The minimum Gasteiger partial charge on any atom is -0.349 e. The van der Waals surface area contributed by atoms with E-state index in [1.807, 2.05) is 6.20 Å². The zero-order valence-electron chi connectivity index (χ0n) is 13.3. The van der Waals surface area contributed by atoms with Crippen molar-refractivity contribution in [1.82, 2.24) is 14.9 Å². The van der Waals surface area contributed by atoms with Crippen LogP contribution in [0.5, 0.6) is 0 Å². The number of nitrogens with zero attached hydrogens (tertiary/aromatic N) is 2. The quantitative estimate of drug-likeness (QED) is 0.856. The summed E-state index contributed by atoms with van der Waals surface area (Å²) in [5, 5.41) is 3.01. The van der Waals surface area contributed by atoms with Crippen LogP contribution < -0.4 is 11.1 Å². The molecule has 1 aromatic rings. The van der Waals surface area contributed by atoms with Crippen LogP contribution in [0, 0.1) is 11.8 Å². The molecule has 3 N–H and O–H groups in total. The number of nitrogens with one attached hydrogen (secondary N) is 1. The lowest BCUT2D eigenvalue weighted by atomic mass is 9.85. The normalized spacial score (nSPS) is 20.9. The molecule has 22 heavy (non-hydrogen) atoms. The minimum absolute atomic E-state index is 0. The monoisotopic (exact) mass is 350 g/mol. The molecule has 128 valence electrons. The first-order valence-corrected chi connectivity index (χ1v) is 7.59. The smallest absolute Gasteiger partial charge is 0.223 e. The van der Waals surface area contributed by atoms with Crippen LogP contribution in [-0.2, 0) is 17.9 Å². The summed E-state index contributed by atoms with van der Waals surface area (Å²) in [6, 6.07) is 0.183. The molecular formula is C15H28Cl2N4O. The summed E-state index contributed by atoms with van der Waals surface area (Å²) >= 11 is 0. The van der Waals surface area contributed by atoms with Crippen molar-refractivity contribution < 1.29 is 4.79 Å². The molecule has 0 bridgehead atoms. The molecular weight excluding hydrogens is 323 g/mol. The van der Waals surface area contributed by atoms with Gasteiger partial charge in [0, 0.05) is 30.9 Å². The van der Waals surface area contributed by atoms with Crippen LogP contribution in [0.2, 0.25) is 0 Å². The van der Waals surface area contributed by atoms with Gasteiger partial charge in [-0.05, 0) is 25.2 Å². The molecule has 0 spiro atoms. The van der Waals surface area contributed by atoms with Gasteiger partial charge < -0.3 is 15.6 Å². The average molecular weight is 351 g/mol. The number of rotatable bonds is 5. The van der Waals surface area contributed by atoms with Gasteiger partial charge in [0.2, 0.25) is 5.91 Å². The fourth-order valence-electron chi connectivity index (χ4n) is 2.84. The van der Waals surface area contributed by atoms with Crippen molar-refractivity contribution in [3.63, 3.8) is 0 Å². The Kier molecular flexibility index (Phi) is 9.72. The Labute approximate surface area is 145 Å². The fourth-order valence-corrected chi connectivity index (χ4v) is 2.84. The number of aromatic nitrogens is 2. The highest BCUT2D eigenvalue weighted by molar-refractivity contribution is 5.85. The second kappa shape index (κ2) is 10.1. The van der Waals surface area contributed by atoms with E-state index in [1.54, 1.807) is 6.20 Å². The first-order chi connectivity index (χ1) is 9.56. The molecule has 2 rings (SSSR count). The maximum atomic E-state index is 12.2. The van der Waals surface area contributed by atoms with E-state index in [0.717, 1.165) is 38.1 Å². The van der Waals surface area contributed by atoms with E-state index in [1.165, 1.54) is 0 Å². The number of hydrogen-bond acceptors (Lipinski definition) is 3. The topological polar surface area (TPSA) is 72.9 Å². The Morgan fingerprint density at radius 3 is 2.82 bits per heavy atom. The van der Waals surface area contributed by atoms with Gasteiger partial charge in [-0.2, -0.15) is 0 Å². The van der Waals surface area contributed by atoms with Crippen LogP contribution in [0.3, 0.4) is 0 Å². The van der Waals surface area contributed by atoms with Crippen LogP contribution in [0.4, 0.5) is 0 Å². The van der Waals surface area contributed by atoms with Crippen molar-refractivity contribution >= 4 is 30.7 Å². The zero-order valence-corrected chi connectivity index (χ0v) is 15.0. The van der Waals surface area contributed by atoms with Crippen LogP contribution in [0.15, 0.2) is 12.4 Å². The lowest BCUT2D eigenvalue weighted by Gasteiger charge is -2.25. The molecule has 2 unspecified atom stereocenters. The summed E-state index contributed by atoms with van der Waals surface area (Å²) in [5.41, 5.74) is 5.94. The van der Waals surface area contributed by atoms with Crippen molar-refractivity contribution in [3.05, 3.63) is 18.2 Å². The molecule has 1 aliphatic rings. The van der Waals surface area contributed by atoms with Gasteiger partial charge in [0.15, 0.2) is 0 Å². The maximum Gasteiger partial charge on any atom is 0.223 e. The third-order valence-electron chi connectivity index (χ3n) is 3.87. The lowest BCUT2D eigenvalue weighted by molar-refractivity contribution is -0.126. The second-order valence-electron chi connectivity index (χ2n) is 6.23. The summed E-state index contributed by atoms with van der Waals surface area (Å²) in [7, 11) is 0. The maximum absolute atomic E-state index is 12.2. The molecule has 0 aromatic carbocycles. The molecule has 1 heterocycles. The fraction of sp³-hybridized carbons (Fsp3) is 0.733. The van der Waals surface area contributed by atoms with Gasteiger partial charge in [0.25, 0.3) is 0 Å². The SMILES string of the molecule is CC(C)Cn1ccnc1CNC(=O)C1CCCC(N)C1.Cl.Cl. The molecule has 0 aliphatic heterocycles. The first-order valence-electron chi connectivity index (χ1n) is 7.59. The average Bonchev–Trinajstić information content (AvgIpc) is 2.82. The minimum atomic E-state index is 0. The van der Waals surface area contributed by atoms with E-state index >= 15 is 0 Å². The Balaban J connectivity index is 0.00000220. The number of carbonyl (C=O) groups is 1. The number of hydrogen-bond donors (Lipinski definition) is 2. The van der Waals surface area contributed by atoms with Crippen LogP contribution >= 0.6 is 24.8 Å². The number of amides is 1. The Morgan fingerprint density at radius 1 is 1.45 bits per heavy atom. The molecule has 1 fully saturated rings. The highest BCUT2D eigenvalue weighted by Gasteiger charge is 2.25. The van der Waals surface area contributed by atoms with Gasteiger partial charge >= 0.3 is 0 Å². The van der Waals surface area contributed by atoms with Gasteiger partial charge in [-0.15, -0.1) is 24.8 Å². The number of imidazole rings is 1. The molecule has 1 amide bonds. The zero-order chi connectivity index (χ0) is 14.5. The second-order valence-corrected chi connectivity index (χ2v) is 6.23. The van der Waals surface area contributed by atoms with Gasteiger partial charge in [-0.3, -0.25) is 4.79 Å². The van der Waals surface area contributed by atoms with Gasteiger partial charge in [0.05, 0.1) is 6.54 Å². The van der Waals surface area contributed by atoms with E-state index in [0.29, 0.717) is 12.5 Å². The van der Waals surface area contributed by atoms with Crippen molar-refractivity contribution in [3.8, 4) is 0 Å². The van der Waals surface area contributed by atoms with Crippen molar-refractivity contribution in [2.75, 3.05) is 0 Å². The summed E-state index contributed by atoms with van der Waals surface area (Å²) < 4.78 is 2.11. The van der Waals surface area contributed by atoms with E-state index in [9.17, 15) is 4.79 Å². The van der Waals surface area contributed by atoms with E-state index in [-0.39, 0.29) is 42.7 Å². The van der Waals surface area contributed by atoms with Gasteiger partial charge in [0.1, 0.15) is 5.82 Å². The predicted molar refractivity (Wildman–Crippen MR) is 93.3 cm³/mol. The number of nitrogens with two attached hydrogens (primary N) is 1. The molecule has 1 aromatic heterocycles. The van der Waals surface area contributed by atoms with Crippen LogP contribution in [0.25, 0.3) is 0 Å². The summed E-state index contributed by atoms with van der Waals surface area (Å²) in [6.45, 7) is 5.78. The third-order valence-corrected chi connectivity index (χ3v) is 3.87. The Hall–Kier alpha value is -0.780. The largest absolute Gasteiger partial charge is 0.349 e. The van der Waals surface area contributed by atoms with Crippen molar-refractivity contribution in [1.29, 1.82) is 0 Å². The Bertz CT molecular complexity index is 451. The Morgan fingerprint density at radius 2 is 2.18 bits per heavy atom. The van der Waals surface area contributed by atoms with E-state index in [2.05, 4.69) is 28.7 Å². The van der Waals surface area contributed by atoms with E-state index < -0.39 is 0 Å². The number of carbonyl (C=O) groups excluding carboxylic acids is 1. The lowest BCUT2D eigenvalue weighted by Crippen LogP contribution is -2.37. The molecule has 1 saturated carbocycles. The summed E-state index contributed by atoms with van der Waals surface area (Å²) in [4.78, 5) is 16.5. The molecule has 0 saturated heterocycles. The van der Waals surface area contributed by atoms with E-state index in [4.69, 9.17) is 5.73 Å². The van der Waals surface area contributed by atoms with Crippen molar-refractivity contribution in [2.45, 2.75) is 58.7 Å². The predicted octanol–water partition coefficient (Wildman–Crippen LogP) is 2.52. The highest BCUT2D eigenvalue weighted by Crippen LogP contribution is 2.23. The van der Waals surface area contributed by atoms with Gasteiger partial charge in [-0.25, -0.2) is 4.98 Å². The highest BCUT2D eigenvalue weighted by atomic mass is 35.5. The standard InChI is InChI=1S/C15H26N4O.2ClH/c1-11(2)10-19-7-6-17-14(19)9-18-15(20)12-4-3-5-13(16)8-12;;/h6-7,11-13H,3-5,8-10,16H2,1-2H3,(H,18,20);2*1H. The summed E-state index contributed by atoms with van der Waals surface area (Å²) in [5.74, 6) is 1.69. The molecule has 5 nitrogen and oxygen atoms in total. The van der Waals surface area contributed by atoms with Crippen LogP contribution in [-0.4, -0.2) is 21.5 Å². The van der Waals surface area contributed by atoms with Crippen molar-refractivity contribution in [2.24, 2.45) is 17.6 Å². The number of halogens is 2.